The third-order valence-corrected chi connectivity index (χ3v) is 4.69. The molecule has 1 aromatic carbocycles. The summed E-state index contributed by atoms with van der Waals surface area (Å²) in [7, 11) is 1.68. The topological polar surface area (TPSA) is 35.2 Å². The molecular weight excluding hydrogens is 309 g/mol. The first kappa shape index (κ1) is 14.9. The van der Waals surface area contributed by atoms with Crippen molar-refractivity contribution in [1.29, 1.82) is 0 Å². The Labute approximate surface area is 122 Å². The van der Waals surface area contributed by atoms with Gasteiger partial charge in [0.25, 0.3) is 0 Å². The molecule has 0 spiro atoms. The molecule has 1 fully saturated rings. The monoisotopic (exact) mass is 329 g/mol. The number of ether oxygens (including phenoxy) is 1. The Balaban J connectivity index is 2.19. The molecule has 0 bridgehead atoms. The van der Waals surface area contributed by atoms with Crippen molar-refractivity contribution in [3.05, 3.63) is 34.1 Å². The summed E-state index contributed by atoms with van der Waals surface area (Å²) in [6, 6.07) is 4.84. The van der Waals surface area contributed by atoms with Crippen molar-refractivity contribution in [3.63, 3.8) is 0 Å². The SMILES string of the molecule is COC(C1CCCCC1)C(N)c1cccc(Br)c1F. The summed E-state index contributed by atoms with van der Waals surface area (Å²) in [6.07, 6.45) is 5.87. The highest BCUT2D eigenvalue weighted by atomic mass is 79.9. The van der Waals surface area contributed by atoms with Gasteiger partial charge in [0, 0.05) is 12.7 Å². The van der Waals surface area contributed by atoms with Gasteiger partial charge in [-0.25, -0.2) is 4.39 Å². The third kappa shape index (κ3) is 3.36. The zero-order valence-electron chi connectivity index (χ0n) is 11.2. The molecule has 1 aliphatic carbocycles. The zero-order chi connectivity index (χ0) is 13.8. The van der Waals surface area contributed by atoms with Crippen molar-refractivity contribution in [2.45, 2.75) is 44.2 Å². The van der Waals surface area contributed by atoms with Gasteiger partial charge in [-0.3, -0.25) is 0 Å². The summed E-state index contributed by atoms with van der Waals surface area (Å²) in [4.78, 5) is 0. The second-order valence-corrected chi connectivity index (χ2v) is 6.12. The molecule has 2 N–H and O–H groups in total. The number of hydrogen-bond acceptors (Lipinski definition) is 2. The van der Waals surface area contributed by atoms with E-state index in [2.05, 4.69) is 15.9 Å². The van der Waals surface area contributed by atoms with Gasteiger partial charge in [-0.1, -0.05) is 31.4 Å². The number of halogens is 2. The van der Waals surface area contributed by atoms with Gasteiger partial charge in [-0.05, 0) is 40.8 Å². The molecule has 0 aliphatic heterocycles. The van der Waals surface area contributed by atoms with Gasteiger partial charge in [-0.15, -0.1) is 0 Å². The molecule has 0 amide bonds. The van der Waals surface area contributed by atoms with Gasteiger partial charge in [0.05, 0.1) is 16.6 Å². The van der Waals surface area contributed by atoms with Gasteiger partial charge >= 0.3 is 0 Å². The third-order valence-electron chi connectivity index (χ3n) is 4.08. The lowest BCUT2D eigenvalue weighted by Gasteiger charge is -2.33. The normalized spacial score (nSPS) is 20.2. The van der Waals surface area contributed by atoms with Crippen LogP contribution in [-0.4, -0.2) is 13.2 Å². The molecule has 19 heavy (non-hydrogen) atoms. The van der Waals surface area contributed by atoms with Gasteiger partial charge < -0.3 is 10.5 Å². The maximum Gasteiger partial charge on any atom is 0.142 e. The molecule has 106 valence electrons. The van der Waals surface area contributed by atoms with Crippen LogP contribution in [-0.2, 0) is 4.74 Å². The average Bonchev–Trinajstić information content (AvgIpc) is 2.44. The summed E-state index contributed by atoms with van der Waals surface area (Å²) < 4.78 is 20.2. The zero-order valence-corrected chi connectivity index (χ0v) is 12.8. The Morgan fingerprint density at radius 3 is 2.63 bits per heavy atom. The maximum absolute atomic E-state index is 14.1. The summed E-state index contributed by atoms with van der Waals surface area (Å²) in [5.74, 6) is 0.167. The lowest BCUT2D eigenvalue weighted by Crippen LogP contribution is -2.36. The second kappa shape index (κ2) is 6.82. The van der Waals surface area contributed by atoms with Crippen molar-refractivity contribution in [3.8, 4) is 0 Å². The van der Waals surface area contributed by atoms with E-state index < -0.39 is 6.04 Å². The smallest absolute Gasteiger partial charge is 0.142 e. The van der Waals surface area contributed by atoms with E-state index in [9.17, 15) is 4.39 Å². The first-order valence-corrected chi connectivity index (χ1v) is 7.66. The molecule has 2 atom stereocenters. The van der Waals surface area contributed by atoms with Crippen molar-refractivity contribution in [1.82, 2.24) is 0 Å². The van der Waals surface area contributed by atoms with Crippen LogP contribution in [0.3, 0.4) is 0 Å². The minimum absolute atomic E-state index is 0.107. The molecule has 1 aliphatic rings. The van der Waals surface area contributed by atoms with Gasteiger partial charge in [0.1, 0.15) is 5.82 Å². The molecule has 0 heterocycles. The van der Waals surface area contributed by atoms with Crippen molar-refractivity contribution < 1.29 is 9.13 Å². The van der Waals surface area contributed by atoms with Crippen LogP contribution in [0.25, 0.3) is 0 Å². The summed E-state index contributed by atoms with van der Waals surface area (Å²) >= 11 is 3.21. The summed E-state index contributed by atoms with van der Waals surface area (Å²) in [5.41, 5.74) is 6.80. The fraction of sp³-hybridized carbons (Fsp3) is 0.600. The molecule has 1 aromatic rings. The van der Waals surface area contributed by atoms with E-state index in [0.717, 1.165) is 12.8 Å². The quantitative estimate of drug-likeness (QED) is 0.899. The minimum Gasteiger partial charge on any atom is -0.379 e. The lowest BCUT2D eigenvalue weighted by atomic mass is 9.81. The lowest BCUT2D eigenvalue weighted by molar-refractivity contribution is 0.0165. The van der Waals surface area contributed by atoms with Crippen LogP contribution in [0.2, 0.25) is 0 Å². The van der Waals surface area contributed by atoms with E-state index in [0.29, 0.717) is 16.0 Å². The molecule has 2 rings (SSSR count). The van der Waals surface area contributed by atoms with E-state index >= 15 is 0 Å². The Morgan fingerprint density at radius 1 is 1.32 bits per heavy atom. The van der Waals surface area contributed by atoms with Crippen molar-refractivity contribution >= 4 is 15.9 Å². The van der Waals surface area contributed by atoms with Crippen LogP contribution >= 0.6 is 15.9 Å². The van der Waals surface area contributed by atoms with Gasteiger partial charge in [0.2, 0.25) is 0 Å². The number of methoxy groups -OCH3 is 1. The van der Waals surface area contributed by atoms with Gasteiger partial charge in [0.15, 0.2) is 0 Å². The van der Waals surface area contributed by atoms with Crippen molar-refractivity contribution in [2.75, 3.05) is 7.11 Å². The Hall–Kier alpha value is -0.450. The highest BCUT2D eigenvalue weighted by Gasteiger charge is 2.31. The molecule has 4 heteroatoms. The molecule has 0 radical (unpaired) electrons. The number of hydrogen-bond donors (Lipinski definition) is 1. The molecule has 1 saturated carbocycles. The highest BCUT2D eigenvalue weighted by Crippen LogP contribution is 2.34. The predicted octanol–water partition coefficient (Wildman–Crippen LogP) is 4.18. The second-order valence-electron chi connectivity index (χ2n) is 5.27. The van der Waals surface area contributed by atoms with E-state index in [1.54, 1.807) is 19.2 Å². The van der Waals surface area contributed by atoms with Crippen molar-refractivity contribution in [2.24, 2.45) is 11.7 Å². The van der Waals surface area contributed by atoms with Crippen LogP contribution in [0, 0.1) is 11.7 Å². The van der Waals surface area contributed by atoms with Gasteiger partial charge in [-0.2, -0.15) is 0 Å². The maximum atomic E-state index is 14.1. The first-order chi connectivity index (χ1) is 9.15. The minimum atomic E-state index is -0.411. The summed E-state index contributed by atoms with van der Waals surface area (Å²) in [5, 5.41) is 0. The van der Waals surface area contributed by atoms with Crippen LogP contribution in [0.15, 0.2) is 22.7 Å². The predicted molar refractivity (Wildman–Crippen MR) is 78.4 cm³/mol. The largest absolute Gasteiger partial charge is 0.379 e. The molecule has 2 unspecified atom stereocenters. The highest BCUT2D eigenvalue weighted by molar-refractivity contribution is 9.10. The van der Waals surface area contributed by atoms with Crippen LogP contribution in [0.1, 0.15) is 43.7 Å². The van der Waals surface area contributed by atoms with E-state index in [4.69, 9.17) is 10.5 Å². The first-order valence-electron chi connectivity index (χ1n) is 6.87. The Bertz CT molecular complexity index is 421. The fourth-order valence-corrected chi connectivity index (χ4v) is 3.43. The summed E-state index contributed by atoms with van der Waals surface area (Å²) in [6.45, 7) is 0. The van der Waals surface area contributed by atoms with Crippen LogP contribution in [0.5, 0.6) is 0 Å². The molecule has 0 saturated heterocycles. The molecule has 2 nitrogen and oxygen atoms in total. The Kier molecular flexibility index (Phi) is 5.37. The van der Waals surface area contributed by atoms with Crippen LogP contribution in [0.4, 0.5) is 4.39 Å². The standard InChI is InChI=1S/C15H21BrFNO/c1-19-15(10-6-3-2-4-7-10)14(18)11-8-5-9-12(16)13(11)17/h5,8-10,14-15H,2-4,6-7,18H2,1H3. The number of nitrogens with two attached hydrogens (primary N) is 1. The number of rotatable bonds is 4. The fourth-order valence-electron chi connectivity index (χ4n) is 3.05. The van der Waals surface area contributed by atoms with E-state index in [1.165, 1.54) is 19.3 Å². The van der Waals surface area contributed by atoms with E-state index in [-0.39, 0.29) is 11.9 Å². The van der Waals surface area contributed by atoms with Crippen LogP contribution < -0.4 is 5.73 Å². The van der Waals surface area contributed by atoms with E-state index in [1.807, 2.05) is 6.07 Å². The average molecular weight is 330 g/mol. The molecular formula is C15H21BrFNO. The molecule has 0 aromatic heterocycles. The Morgan fingerprint density at radius 2 is 2.00 bits per heavy atom. The number of benzene rings is 1.